The van der Waals surface area contributed by atoms with Crippen LogP contribution in [0.3, 0.4) is 0 Å². The summed E-state index contributed by atoms with van der Waals surface area (Å²) in [6, 6.07) is 4.59. The van der Waals surface area contributed by atoms with Crippen LogP contribution in [-0.2, 0) is 9.53 Å². The molecular formula is C16H19FN2O3. The molecule has 1 aromatic carbocycles. The van der Waals surface area contributed by atoms with Crippen molar-refractivity contribution in [3.8, 4) is 0 Å². The molecule has 0 bridgehead atoms. The molecule has 0 aliphatic carbocycles. The Morgan fingerprint density at radius 1 is 1.45 bits per heavy atom. The lowest BCUT2D eigenvalue weighted by atomic mass is 9.89. The maximum Gasteiger partial charge on any atom is 0.319 e. The summed E-state index contributed by atoms with van der Waals surface area (Å²) in [5, 5.41) is 5.11. The minimum Gasteiger partial charge on any atom is -0.465 e. The Morgan fingerprint density at radius 2 is 2.23 bits per heavy atom. The second kappa shape index (κ2) is 7.06. The van der Waals surface area contributed by atoms with Gasteiger partial charge in [0.1, 0.15) is 11.7 Å². The van der Waals surface area contributed by atoms with Crippen molar-refractivity contribution >= 4 is 12.0 Å². The van der Waals surface area contributed by atoms with Crippen LogP contribution in [0.15, 0.2) is 36.5 Å². The zero-order chi connectivity index (χ0) is 16.1. The van der Waals surface area contributed by atoms with E-state index in [2.05, 4.69) is 17.2 Å². The zero-order valence-corrected chi connectivity index (χ0v) is 12.4. The third kappa shape index (κ3) is 3.63. The van der Waals surface area contributed by atoms with Crippen molar-refractivity contribution in [3.05, 3.63) is 47.9 Å². The summed E-state index contributed by atoms with van der Waals surface area (Å²) < 4.78 is 18.7. The summed E-state index contributed by atoms with van der Waals surface area (Å²) in [5.74, 6) is -1.72. The molecule has 0 saturated carbocycles. The Labute approximate surface area is 128 Å². The van der Waals surface area contributed by atoms with Crippen LogP contribution >= 0.6 is 0 Å². The largest absolute Gasteiger partial charge is 0.465 e. The second-order valence-electron chi connectivity index (χ2n) is 5.16. The maximum absolute atomic E-state index is 13.4. The van der Waals surface area contributed by atoms with Crippen LogP contribution in [0.4, 0.5) is 9.18 Å². The first-order valence-electron chi connectivity index (χ1n) is 7.21. The smallest absolute Gasteiger partial charge is 0.319 e. The fourth-order valence-electron chi connectivity index (χ4n) is 2.35. The number of rotatable bonds is 5. The van der Waals surface area contributed by atoms with Crippen LogP contribution in [0.2, 0.25) is 0 Å². The van der Waals surface area contributed by atoms with Gasteiger partial charge >= 0.3 is 12.0 Å². The molecule has 2 amide bonds. The van der Waals surface area contributed by atoms with E-state index in [1.807, 2.05) is 6.92 Å². The fourth-order valence-corrected chi connectivity index (χ4v) is 2.35. The zero-order valence-electron chi connectivity index (χ0n) is 12.4. The lowest BCUT2D eigenvalue weighted by molar-refractivity contribution is -0.148. The molecule has 1 aromatic rings. The van der Waals surface area contributed by atoms with Gasteiger partial charge in [-0.05, 0) is 24.1 Å². The van der Waals surface area contributed by atoms with E-state index < -0.39 is 29.8 Å². The molecule has 2 atom stereocenters. The van der Waals surface area contributed by atoms with E-state index >= 15 is 0 Å². The number of hydrogen-bond acceptors (Lipinski definition) is 3. The summed E-state index contributed by atoms with van der Waals surface area (Å²) >= 11 is 0. The number of halogens is 1. The second-order valence-corrected chi connectivity index (χ2v) is 5.16. The molecule has 0 unspecified atom stereocenters. The number of amides is 2. The van der Waals surface area contributed by atoms with Crippen molar-refractivity contribution in [2.75, 3.05) is 6.61 Å². The highest BCUT2D eigenvalue weighted by Gasteiger charge is 2.38. The Balaban J connectivity index is 2.24. The third-order valence-electron chi connectivity index (χ3n) is 3.47. The molecule has 5 nitrogen and oxygen atoms in total. The average Bonchev–Trinajstić information content (AvgIpc) is 2.46. The van der Waals surface area contributed by atoms with Crippen molar-refractivity contribution < 1.29 is 18.7 Å². The Kier molecular flexibility index (Phi) is 5.14. The molecule has 1 aliphatic rings. The summed E-state index contributed by atoms with van der Waals surface area (Å²) in [7, 11) is 0. The van der Waals surface area contributed by atoms with Crippen LogP contribution in [0.25, 0.3) is 0 Å². The van der Waals surface area contributed by atoms with E-state index in [9.17, 15) is 14.0 Å². The third-order valence-corrected chi connectivity index (χ3v) is 3.47. The summed E-state index contributed by atoms with van der Waals surface area (Å²) in [5.41, 5.74) is 0.743. The Morgan fingerprint density at radius 3 is 2.91 bits per heavy atom. The van der Waals surface area contributed by atoms with E-state index in [4.69, 9.17) is 4.74 Å². The lowest BCUT2D eigenvalue weighted by Gasteiger charge is -2.33. The fraction of sp³-hybridized carbons (Fsp3) is 0.375. The molecule has 118 valence electrons. The number of carbonyl (C=O) groups excluding carboxylic acids is 2. The van der Waals surface area contributed by atoms with Gasteiger partial charge in [-0.2, -0.15) is 0 Å². The van der Waals surface area contributed by atoms with Crippen LogP contribution in [0.5, 0.6) is 0 Å². The highest BCUT2D eigenvalue weighted by molar-refractivity contribution is 5.85. The molecule has 2 rings (SSSR count). The Hall–Kier alpha value is -2.37. The molecule has 0 aromatic heterocycles. The van der Waals surface area contributed by atoms with Gasteiger partial charge in [0, 0.05) is 5.70 Å². The molecule has 1 fully saturated rings. The van der Waals surface area contributed by atoms with Gasteiger partial charge in [0.2, 0.25) is 0 Å². The van der Waals surface area contributed by atoms with Crippen LogP contribution in [0, 0.1) is 11.7 Å². The number of esters is 1. The molecule has 6 heteroatoms. The maximum atomic E-state index is 13.4. The number of ether oxygens (including phenoxy) is 1. The average molecular weight is 306 g/mol. The number of unbranched alkanes of at least 4 members (excludes halogenated alkanes) is 1. The predicted molar refractivity (Wildman–Crippen MR) is 79.3 cm³/mol. The monoisotopic (exact) mass is 306 g/mol. The van der Waals surface area contributed by atoms with Crippen molar-refractivity contribution in [2.45, 2.75) is 25.8 Å². The highest BCUT2D eigenvalue weighted by atomic mass is 19.1. The SMILES string of the molecule is C=C1NC(=O)N[C@@H](c2cccc(F)c2)[C@@H]1C(=O)OCCCC. The summed E-state index contributed by atoms with van der Waals surface area (Å²) in [6.07, 6.45) is 1.66. The normalized spacial score (nSPS) is 21.0. The molecule has 1 saturated heterocycles. The minimum absolute atomic E-state index is 0.250. The van der Waals surface area contributed by atoms with E-state index in [1.54, 1.807) is 6.07 Å². The van der Waals surface area contributed by atoms with Crippen LogP contribution in [0.1, 0.15) is 31.4 Å². The number of urea groups is 1. The van der Waals surface area contributed by atoms with Gasteiger partial charge in [-0.1, -0.05) is 32.1 Å². The van der Waals surface area contributed by atoms with Gasteiger partial charge in [0.15, 0.2) is 0 Å². The van der Waals surface area contributed by atoms with E-state index in [-0.39, 0.29) is 5.70 Å². The predicted octanol–water partition coefficient (Wildman–Crippen LogP) is 2.65. The van der Waals surface area contributed by atoms with Gasteiger partial charge < -0.3 is 15.4 Å². The standard InChI is InChI=1S/C16H19FN2O3/c1-3-4-8-22-15(20)13-10(2)18-16(21)19-14(13)11-6-5-7-12(17)9-11/h5-7,9,13-14H,2-4,8H2,1H3,(H2,18,19,21)/t13-,14+/m1/s1. The van der Waals surface area contributed by atoms with Crippen molar-refractivity contribution in [1.29, 1.82) is 0 Å². The first kappa shape index (κ1) is 16.0. The molecule has 2 N–H and O–H groups in total. The molecule has 1 heterocycles. The van der Waals surface area contributed by atoms with E-state index in [0.717, 1.165) is 12.8 Å². The van der Waals surface area contributed by atoms with E-state index in [1.165, 1.54) is 18.2 Å². The van der Waals surface area contributed by atoms with Gasteiger partial charge in [-0.25, -0.2) is 9.18 Å². The Bertz CT molecular complexity index is 589. The van der Waals surface area contributed by atoms with Gasteiger partial charge in [-0.3, -0.25) is 4.79 Å². The van der Waals surface area contributed by atoms with Gasteiger partial charge in [-0.15, -0.1) is 0 Å². The van der Waals surface area contributed by atoms with Gasteiger partial charge in [0.25, 0.3) is 0 Å². The number of benzene rings is 1. The summed E-state index contributed by atoms with van der Waals surface area (Å²) in [4.78, 5) is 23.9. The van der Waals surface area contributed by atoms with Crippen molar-refractivity contribution in [3.63, 3.8) is 0 Å². The van der Waals surface area contributed by atoms with Gasteiger partial charge in [0.05, 0.1) is 12.6 Å². The molecule has 22 heavy (non-hydrogen) atoms. The molecule has 0 radical (unpaired) electrons. The topological polar surface area (TPSA) is 67.4 Å². The van der Waals surface area contributed by atoms with Crippen LogP contribution in [-0.4, -0.2) is 18.6 Å². The molecule has 1 aliphatic heterocycles. The molecular weight excluding hydrogens is 287 g/mol. The lowest BCUT2D eigenvalue weighted by Crippen LogP contribution is -2.51. The highest BCUT2D eigenvalue weighted by Crippen LogP contribution is 2.30. The summed E-state index contributed by atoms with van der Waals surface area (Å²) in [6.45, 7) is 6.03. The first-order valence-corrected chi connectivity index (χ1v) is 7.21. The molecule has 0 spiro atoms. The van der Waals surface area contributed by atoms with E-state index in [0.29, 0.717) is 12.2 Å². The number of hydrogen-bond donors (Lipinski definition) is 2. The first-order chi connectivity index (χ1) is 10.5. The number of carbonyl (C=O) groups is 2. The number of nitrogens with one attached hydrogen (secondary N) is 2. The minimum atomic E-state index is -0.795. The van der Waals surface area contributed by atoms with Crippen molar-refractivity contribution in [1.82, 2.24) is 10.6 Å². The quantitative estimate of drug-likeness (QED) is 0.649. The van der Waals surface area contributed by atoms with Crippen LogP contribution < -0.4 is 10.6 Å². The van der Waals surface area contributed by atoms with Crippen molar-refractivity contribution in [2.24, 2.45) is 5.92 Å².